The Kier molecular flexibility index (Phi) is 15.9. The molecule has 0 aliphatic heterocycles. The molecular formula is C24H38O6. The predicted octanol–water partition coefficient (Wildman–Crippen LogP) is 4.20. The molecule has 0 spiro atoms. The molecule has 0 aromatic heterocycles. The van der Waals surface area contributed by atoms with Gasteiger partial charge in [0.05, 0.1) is 59.1 Å². The minimum absolute atomic E-state index is 0.469. The maximum Gasteiger partial charge on any atom is 0.111 e. The van der Waals surface area contributed by atoms with Crippen LogP contribution in [0.25, 0.3) is 11.1 Å². The molecule has 0 aliphatic carbocycles. The lowest BCUT2D eigenvalue weighted by molar-refractivity contribution is 0.0231. The van der Waals surface area contributed by atoms with Crippen molar-refractivity contribution in [1.82, 2.24) is 0 Å². The van der Waals surface area contributed by atoms with Crippen molar-refractivity contribution in [1.29, 1.82) is 0 Å². The molecule has 0 amide bonds. The summed E-state index contributed by atoms with van der Waals surface area (Å²) in [5.41, 5.74) is 4.12. The van der Waals surface area contributed by atoms with Crippen LogP contribution in [-0.4, -0.2) is 72.7 Å². The van der Waals surface area contributed by atoms with Crippen LogP contribution in [0.4, 0.5) is 0 Å². The van der Waals surface area contributed by atoms with E-state index in [0.29, 0.717) is 72.7 Å². The van der Waals surface area contributed by atoms with Crippen LogP contribution in [0, 0.1) is 0 Å². The molecular weight excluding hydrogens is 384 g/mol. The Bertz CT molecular complexity index is 599. The summed E-state index contributed by atoms with van der Waals surface area (Å²) in [6, 6.07) is 8.20. The normalized spacial score (nSPS) is 11.6. The van der Waals surface area contributed by atoms with Crippen LogP contribution in [0.2, 0.25) is 0 Å². The van der Waals surface area contributed by atoms with E-state index < -0.39 is 0 Å². The smallest absolute Gasteiger partial charge is 0.111 e. The summed E-state index contributed by atoms with van der Waals surface area (Å²) in [6.45, 7) is 16.5. The quantitative estimate of drug-likeness (QED) is 0.246. The van der Waals surface area contributed by atoms with Gasteiger partial charge in [-0.15, -0.1) is 0 Å². The van der Waals surface area contributed by atoms with E-state index >= 15 is 0 Å². The summed E-state index contributed by atoms with van der Waals surface area (Å²) in [7, 11) is 0. The van der Waals surface area contributed by atoms with E-state index in [4.69, 9.17) is 28.4 Å². The van der Waals surface area contributed by atoms with Crippen molar-refractivity contribution >= 4 is 11.1 Å². The Balaban J connectivity index is 2.28. The molecule has 0 saturated carbocycles. The van der Waals surface area contributed by atoms with Crippen molar-refractivity contribution in [3.8, 4) is 0 Å². The van der Waals surface area contributed by atoms with E-state index in [9.17, 15) is 0 Å². The summed E-state index contributed by atoms with van der Waals surface area (Å²) in [4.78, 5) is 0. The minimum atomic E-state index is 0.469. The van der Waals surface area contributed by atoms with E-state index in [1.54, 1.807) is 6.26 Å². The van der Waals surface area contributed by atoms with Gasteiger partial charge in [-0.05, 0) is 49.1 Å². The highest BCUT2D eigenvalue weighted by atomic mass is 16.5. The van der Waals surface area contributed by atoms with Gasteiger partial charge in [-0.3, -0.25) is 0 Å². The van der Waals surface area contributed by atoms with Crippen LogP contribution in [0.5, 0.6) is 0 Å². The summed E-state index contributed by atoms with van der Waals surface area (Å²) < 4.78 is 32.5. The second-order valence-electron chi connectivity index (χ2n) is 6.53. The first-order valence-electron chi connectivity index (χ1n) is 10.6. The van der Waals surface area contributed by atoms with E-state index in [-0.39, 0.29) is 0 Å². The lowest BCUT2D eigenvalue weighted by atomic mass is 10.0. The zero-order chi connectivity index (χ0) is 21.9. The van der Waals surface area contributed by atoms with Gasteiger partial charge in [0.1, 0.15) is 6.61 Å². The van der Waals surface area contributed by atoms with Crippen molar-refractivity contribution in [2.24, 2.45) is 0 Å². The molecule has 6 nitrogen and oxygen atoms in total. The zero-order valence-electron chi connectivity index (χ0n) is 18.8. The summed E-state index contributed by atoms with van der Waals surface area (Å²) in [5, 5.41) is 0. The molecule has 1 rings (SSSR count). The predicted molar refractivity (Wildman–Crippen MR) is 121 cm³/mol. The van der Waals surface area contributed by atoms with Crippen molar-refractivity contribution < 1.29 is 28.4 Å². The molecule has 170 valence electrons. The van der Waals surface area contributed by atoms with Gasteiger partial charge in [0.15, 0.2) is 0 Å². The molecule has 0 fully saturated rings. The fraction of sp³-hybridized carbons (Fsp3) is 0.583. The number of allylic oxidation sites excluding steroid dienone is 1. The Morgan fingerprint density at radius 3 is 1.93 bits per heavy atom. The molecule has 0 heterocycles. The maximum atomic E-state index is 5.66. The second-order valence-corrected chi connectivity index (χ2v) is 6.53. The number of hydrogen-bond acceptors (Lipinski definition) is 6. The maximum absolute atomic E-state index is 5.66. The largest absolute Gasteiger partial charge is 0.498 e. The average molecular weight is 423 g/mol. The highest BCUT2D eigenvalue weighted by Crippen LogP contribution is 2.20. The van der Waals surface area contributed by atoms with Gasteiger partial charge in [-0.1, -0.05) is 24.8 Å². The fourth-order valence-electron chi connectivity index (χ4n) is 2.47. The van der Waals surface area contributed by atoms with E-state index in [1.165, 1.54) is 0 Å². The van der Waals surface area contributed by atoms with Crippen molar-refractivity contribution in [2.45, 2.75) is 20.8 Å². The van der Waals surface area contributed by atoms with Gasteiger partial charge in [0.25, 0.3) is 0 Å². The zero-order valence-corrected chi connectivity index (χ0v) is 18.8. The van der Waals surface area contributed by atoms with Gasteiger partial charge >= 0.3 is 0 Å². The summed E-state index contributed by atoms with van der Waals surface area (Å²) >= 11 is 0. The Morgan fingerprint density at radius 1 is 0.767 bits per heavy atom. The highest BCUT2D eigenvalue weighted by molar-refractivity contribution is 5.70. The molecule has 1 aromatic carbocycles. The molecule has 1 aromatic rings. The number of rotatable bonds is 19. The van der Waals surface area contributed by atoms with Crippen LogP contribution < -0.4 is 0 Å². The van der Waals surface area contributed by atoms with Crippen LogP contribution in [0.15, 0.2) is 37.1 Å². The van der Waals surface area contributed by atoms with E-state index in [2.05, 4.69) is 18.7 Å². The molecule has 0 radical (unpaired) electrons. The lowest BCUT2D eigenvalue weighted by Gasteiger charge is -2.10. The Labute approximate surface area is 181 Å². The van der Waals surface area contributed by atoms with Crippen LogP contribution in [0.3, 0.4) is 0 Å². The SMILES string of the molecule is C=C(COCCOCCOCC)c1cccc(/C(C)=C\OCCOCCOCC)c1. The molecule has 0 atom stereocenters. The van der Waals surface area contributed by atoms with Crippen molar-refractivity contribution in [3.05, 3.63) is 48.2 Å². The third-order valence-electron chi connectivity index (χ3n) is 4.13. The minimum Gasteiger partial charge on any atom is -0.498 e. The monoisotopic (exact) mass is 422 g/mol. The summed E-state index contributed by atoms with van der Waals surface area (Å²) in [6.07, 6.45) is 1.77. The molecule has 0 saturated heterocycles. The number of benzene rings is 1. The Morgan fingerprint density at radius 2 is 1.30 bits per heavy atom. The Hall–Kier alpha value is -1.70. The first-order valence-corrected chi connectivity index (χ1v) is 10.6. The van der Waals surface area contributed by atoms with E-state index in [1.807, 2.05) is 32.9 Å². The topological polar surface area (TPSA) is 55.4 Å². The van der Waals surface area contributed by atoms with Gasteiger partial charge in [-0.25, -0.2) is 0 Å². The van der Waals surface area contributed by atoms with Crippen LogP contribution >= 0.6 is 0 Å². The first-order chi connectivity index (χ1) is 14.7. The standard InChI is InChI=1S/C24H38O6/c1-5-25-10-12-27-14-16-29-19-21(3)23-8-7-9-24(18-23)22(4)20-30-17-15-28-13-11-26-6-2/h7-9,18,20H,3,5-6,10-17,19H2,1-2,4H3/b22-20-. The van der Waals surface area contributed by atoms with Crippen molar-refractivity contribution in [2.75, 3.05) is 72.7 Å². The van der Waals surface area contributed by atoms with Crippen molar-refractivity contribution in [3.63, 3.8) is 0 Å². The fourth-order valence-corrected chi connectivity index (χ4v) is 2.47. The van der Waals surface area contributed by atoms with Gasteiger partial charge in [-0.2, -0.15) is 0 Å². The summed E-state index contributed by atoms with van der Waals surface area (Å²) in [5.74, 6) is 0. The van der Waals surface area contributed by atoms with Gasteiger partial charge in [0, 0.05) is 13.2 Å². The number of ether oxygens (including phenoxy) is 6. The van der Waals surface area contributed by atoms with Gasteiger partial charge < -0.3 is 28.4 Å². The third kappa shape index (κ3) is 12.8. The molecule has 0 N–H and O–H groups in total. The van der Waals surface area contributed by atoms with Gasteiger partial charge in [0.2, 0.25) is 0 Å². The molecule has 6 heteroatoms. The van der Waals surface area contributed by atoms with Crippen LogP contribution in [0.1, 0.15) is 31.9 Å². The first kappa shape index (κ1) is 26.3. The van der Waals surface area contributed by atoms with Crippen LogP contribution in [-0.2, 0) is 28.4 Å². The van der Waals surface area contributed by atoms with E-state index in [0.717, 1.165) is 22.3 Å². The average Bonchev–Trinajstić information content (AvgIpc) is 2.77. The molecule has 0 bridgehead atoms. The highest BCUT2D eigenvalue weighted by Gasteiger charge is 2.03. The second kappa shape index (κ2) is 18.1. The molecule has 30 heavy (non-hydrogen) atoms. The molecule has 0 unspecified atom stereocenters. The number of hydrogen-bond donors (Lipinski definition) is 0. The lowest BCUT2D eigenvalue weighted by Crippen LogP contribution is -2.10. The third-order valence-corrected chi connectivity index (χ3v) is 4.13. The molecule has 0 aliphatic rings.